The SMILES string of the molecule is CCn1cc(COc2ccc(C(C)=O)cc2C)cn1. The van der Waals surface area contributed by atoms with E-state index in [9.17, 15) is 4.79 Å². The molecular weight excluding hydrogens is 240 g/mol. The summed E-state index contributed by atoms with van der Waals surface area (Å²) in [5.41, 5.74) is 2.72. The number of carbonyl (C=O) groups is 1. The number of rotatable bonds is 5. The van der Waals surface area contributed by atoms with Gasteiger partial charge in [-0.25, -0.2) is 0 Å². The number of hydrogen-bond donors (Lipinski definition) is 0. The van der Waals surface area contributed by atoms with E-state index in [2.05, 4.69) is 5.10 Å². The smallest absolute Gasteiger partial charge is 0.159 e. The molecule has 0 spiro atoms. The van der Waals surface area contributed by atoms with Crippen LogP contribution in [0.25, 0.3) is 0 Å². The van der Waals surface area contributed by atoms with Crippen molar-refractivity contribution in [3.8, 4) is 5.75 Å². The fourth-order valence-corrected chi connectivity index (χ4v) is 1.85. The fourth-order valence-electron chi connectivity index (χ4n) is 1.85. The van der Waals surface area contributed by atoms with Gasteiger partial charge in [0.1, 0.15) is 12.4 Å². The van der Waals surface area contributed by atoms with Crippen LogP contribution in [0.5, 0.6) is 5.75 Å². The van der Waals surface area contributed by atoms with Gasteiger partial charge in [-0.15, -0.1) is 0 Å². The molecule has 1 aromatic carbocycles. The van der Waals surface area contributed by atoms with Crippen molar-refractivity contribution in [2.45, 2.75) is 33.9 Å². The Balaban J connectivity index is 2.05. The van der Waals surface area contributed by atoms with Gasteiger partial charge in [0.05, 0.1) is 6.20 Å². The summed E-state index contributed by atoms with van der Waals surface area (Å²) in [4.78, 5) is 11.3. The lowest BCUT2D eigenvalue weighted by Crippen LogP contribution is -1.99. The lowest BCUT2D eigenvalue weighted by atomic mass is 10.1. The molecule has 1 heterocycles. The maximum atomic E-state index is 11.3. The molecule has 0 radical (unpaired) electrons. The summed E-state index contributed by atoms with van der Waals surface area (Å²) in [5, 5.41) is 4.20. The van der Waals surface area contributed by atoms with Crippen molar-refractivity contribution >= 4 is 5.78 Å². The Morgan fingerprint density at radius 3 is 2.79 bits per heavy atom. The highest BCUT2D eigenvalue weighted by atomic mass is 16.5. The second-order valence-electron chi connectivity index (χ2n) is 4.53. The first kappa shape index (κ1) is 13.3. The quantitative estimate of drug-likeness (QED) is 0.774. The predicted octanol–water partition coefficient (Wildman–Crippen LogP) is 2.99. The number of ether oxygens (including phenoxy) is 1. The average Bonchev–Trinajstić information content (AvgIpc) is 2.85. The van der Waals surface area contributed by atoms with E-state index in [0.717, 1.165) is 23.4 Å². The highest BCUT2D eigenvalue weighted by molar-refractivity contribution is 5.94. The summed E-state index contributed by atoms with van der Waals surface area (Å²) in [6.45, 7) is 6.89. The average molecular weight is 258 g/mol. The second-order valence-corrected chi connectivity index (χ2v) is 4.53. The first-order valence-electron chi connectivity index (χ1n) is 6.36. The van der Waals surface area contributed by atoms with E-state index in [4.69, 9.17) is 4.74 Å². The molecule has 0 saturated carbocycles. The summed E-state index contributed by atoms with van der Waals surface area (Å²) < 4.78 is 7.62. The van der Waals surface area contributed by atoms with Crippen molar-refractivity contribution in [3.05, 3.63) is 47.3 Å². The molecule has 0 aliphatic carbocycles. The number of hydrogen-bond acceptors (Lipinski definition) is 3. The number of carbonyl (C=O) groups excluding carboxylic acids is 1. The van der Waals surface area contributed by atoms with Gasteiger partial charge in [0, 0.05) is 23.9 Å². The second kappa shape index (κ2) is 5.69. The first-order valence-corrected chi connectivity index (χ1v) is 6.36. The van der Waals surface area contributed by atoms with Gasteiger partial charge >= 0.3 is 0 Å². The molecule has 0 atom stereocenters. The maximum Gasteiger partial charge on any atom is 0.159 e. The number of nitrogens with zero attached hydrogens (tertiary/aromatic N) is 2. The van der Waals surface area contributed by atoms with E-state index in [1.165, 1.54) is 0 Å². The predicted molar refractivity (Wildman–Crippen MR) is 73.4 cm³/mol. The molecule has 0 N–H and O–H groups in total. The molecule has 100 valence electrons. The summed E-state index contributed by atoms with van der Waals surface area (Å²) in [6.07, 6.45) is 3.78. The first-order chi connectivity index (χ1) is 9.10. The van der Waals surface area contributed by atoms with Gasteiger partial charge < -0.3 is 4.74 Å². The van der Waals surface area contributed by atoms with Crippen LogP contribution in [0.3, 0.4) is 0 Å². The van der Waals surface area contributed by atoms with Gasteiger partial charge in [0.25, 0.3) is 0 Å². The minimum absolute atomic E-state index is 0.0684. The van der Waals surface area contributed by atoms with Gasteiger partial charge in [-0.05, 0) is 44.5 Å². The summed E-state index contributed by atoms with van der Waals surface area (Å²) in [5.74, 6) is 0.869. The van der Waals surface area contributed by atoms with Gasteiger partial charge in [0.2, 0.25) is 0 Å². The minimum atomic E-state index is 0.0684. The maximum absolute atomic E-state index is 11.3. The molecule has 0 amide bonds. The molecule has 2 rings (SSSR count). The fraction of sp³-hybridized carbons (Fsp3) is 0.333. The number of Topliss-reactive ketones (excluding diaryl/α,β-unsaturated/α-hetero) is 1. The van der Waals surface area contributed by atoms with Crippen LogP contribution in [0.4, 0.5) is 0 Å². The highest BCUT2D eigenvalue weighted by Gasteiger charge is 2.05. The Bertz CT molecular complexity index is 588. The molecule has 2 aromatic rings. The third kappa shape index (κ3) is 3.22. The normalized spacial score (nSPS) is 10.5. The van der Waals surface area contributed by atoms with Crippen molar-refractivity contribution in [3.63, 3.8) is 0 Å². The van der Waals surface area contributed by atoms with Crippen LogP contribution in [-0.4, -0.2) is 15.6 Å². The van der Waals surface area contributed by atoms with E-state index < -0.39 is 0 Å². The van der Waals surface area contributed by atoms with E-state index in [0.29, 0.717) is 12.2 Å². The molecule has 0 fully saturated rings. The van der Waals surface area contributed by atoms with Crippen LogP contribution in [0.15, 0.2) is 30.6 Å². The van der Waals surface area contributed by atoms with Crippen LogP contribution in [-0.2, 0) is 13.2 Å². The Kier molecular flexibility index (Phi) is 4.00. The summed E-state index contributed by atoms with van der Waals surface area (Å²) >= 11 is 0. The largest absolute Gasteiger partial charge is 0.489 e. The molecule has 0 unspecified atom stereocenters. The van der Waals surface area contributed by atoms with Crippen molar-refractivity contribution in [1.82, 2.24) is 9.78 Å². The molecule has 0 bridgehead atoms. The van der Waals surface area contributed by atoms with E-state index in [-0.39, 0.29) is 5.78 Å². The number of aromatic nitrogens is 2. The Morgan fingerprint density at radius 2 is 2.21 bits per heavy atom. The molecule has 0 aliphatic rings. The van der Waals surface area contributed by atoms with E-state index >= 15 is 0 Å². The van der Waals surface area contributed by atoms with Crippen LogP contribution in [0, 0.1) is 6.92 Å². The highest BCUT2D eigenvalue weighted by Crippen LogP contribution is 2.20. The van der Waals surface area contributed by atoms with Crippen LogP contribution in [0.2, 0.25) is 0 Å². The van der Waals surface area contributed by atoms with Gasteiger partial charge in [-0.3, -0.25) is 9.48 Å². The van der Waals surface area contributed by atoms with Crippen molar-refractivity contribution in [2.24, 2.45) is 0 Å². The zero-order chi connectivity index (χ0) is 13.8. The third-order valence-corrected chi connectivity index (χ3v) is 2.99. The molecule has 19 heavy (non-hydrogen) atoms. The molecule has 4 nitrogen and oxygen atoms in total. The summed E-state index contributed by atoms with van der Waals surface area (Å²) in [6, 6.07) is 5.49. The summed E-state index contributed by atoms with van der Waals surface area (Å²) in [7, 11) is 0. The molecule has 0 saturated heterocycles. The van der Waals surface area contributed by atoms with Crippen molar-refractivity contribution in [2.75, 3.05) is 0 Å². The Labute approximate surface area is 113 Å². The van der Waals surface area contributed by atoms with Crippen molar-refractivity contribution < 1.29 is 9.53 Å². The van der Waals surface area contributed by atoms with Crippen LogP contribution in [0.1, 0.15) is 35.3 Å². The van der Waals surface area contributed by atoms with Gasteiger partial charge in [0.15, 0.2) is 5.78 Å². The molecule has 1 aromatic heterocycles. The zero-order valence-electron chi connectivity index (χ0n) is 11.5. The number of ketones is 1. The lowest BCUT2D eigenvalue weighted by molar-refractivity contribution is 0.101. The van der Waals surface area contributed by atoms with E-state index in [1.54, 1.807) is 13.0 Å². The van der Waals surface area contributed by atoms with Crippen LogP contribution >= 0.6 is 0 Å². The van der Waals surface area contributed by atoms with Crippen LogP contribution < -0.4 is 4.74 Å². The third-order valence-electron chi connectivity index (χ3n) is 2.99. The number of benzene rings is 1. The zero-order valence-corrected chi connectivity index (χ0v) is 11.5. The van der Waals surface area contributed by atoms with Gasteiger partial charge in [-0.2, -0.15) is 5.10 Å². The van der Waals surface area contributed by atoms with E-state index in [1.807, 2.05) is 43.1 Å². The Morgan fingerprint density at radius 1 is 1.42 bits per heavy atom. The standard InChI is InChI=1S/C15H18N2O2/c1-4-17-9-13(8-16-17)10-19-15-6-5-14(12(3)18)7-11(15)2/h5-9H,4,10H2,1-3H3. The molecule has 0 aliphatic heterocycles. The Hall–Kier alpha value is -2.10. The van der Waals surface area contributed by atoms with Gasteiger partial charge in [-0.1, -0.05) is 0 Å². The topological polar surface area (TPSA) is 44.1 Å². The monoisotopic (exact) mass is 258 g/mol. The van der Waals surface area contributed by atoms with Crippen molar-refractivity contribution in [1.29, 1.82) is 0 Å². The number of aryl methyl sites for hydroxylation is 2. The molecule has 4 heteroatoms. The minimum Gasteiger partial charge on any atom is -0.489 e. The lowest BCUT2D eigenvalue weighted by Gasteiger charge is -2.08. The molecular formula is C15H18N2O2.